The van der Waals surface area contributed by atoms with E-state index in [1.165, 1.54) is 6.26 Å². The van der Waals surface area contributed by atoms with Crippen molar-refractivity contribution in [3.05, 3.63) is 226 Å². The molecule has 1 atom stereocenters. The van der Waals surface area contributed by atoms with Gasteiger partial charge in [-0.3, -0.25) is 9.36 Å². The minimum atomic E-state index is -0.992. The largest absolute Gasteiger partial charge is 0.466 e. The molecule has 1 N–H and O–H groups in total. The van der Waals surface area contributed by atoms with Gasteiger partial charge in [0.25, 0.3) is 5.56 Å². The third kappa shape index (κ3) is 6.95. The minimum Gasteiger partial charge on any atom is -0.466 e. The van der Waals surface area contributed by atoms with Gasteiger partial charge < -0.3 is 9.52 Å². The van der Waals surface area contributed by atoms with Crippen molar-refractivity contribution in [2.75, 3.05) is 0 Å². The number of aliphatic hydroxyl groups is 1. The van der Waals surface area contributed by atoms with E-state index in [1.54, 1.807) is 28.8 Å². The SMILES string of the molecule is CCCCc1nc2ccc(C(O)c3ccco3)cc2c(=O)n1Cc1ccc(-c2ccccc2-c2nnnn2C(c2ccccc2)(c2ccccc2)c2ccccc2)cc1. The molecule has 0 aliphatic rings. The molecule has 0 spiro atoms. The van der Waals surface area contributed by atoms with E-state index in [1.807, 2.05) is 41.1 Å². The molecule has 59 heavy (non-hydrogen) atoms. The number of tetrazole rings is 1. The maximum absolute atomic E-state index is 14.3. The number of aliphatic hydroxyl groups excluding tert-OH is 1. The number of nitrogens with zero attached hydrogens (tertiary/aromatic N) is 6. The van der Waals surface area contributed by atoms with Crippen LogP contribution in [0.4, 0.5) is 0 Å². The van der Waals surface area contributed by atoms with Crippen molar-refractivity contribution >= 4 is 10.9 Å². The van der Waals surface area contributed by atoms with Gasteiger partial charge in [0.15, 0.2) is 5.82 Å². The summed E-state index contributed by atoms with van der Waals surface area (Å²) >= 11 is 0. The van der Waals surface area contributed by atoms with Gasteiger partial charge in [-0.1, -0.05) is 159 Å². The van der Waals surface area contributed by atoms with Crippen molar-refractivity contribution in [1.82, 2.24) is 29.8 Å². The fourth-order valence-corrected chi connectivity index (χ4v) is 8.14. The third-order valence-corrected chi connectivity index (χ3v) is 11.1. The molecule has 0 radical (unpaired) electrons. The summed E-state index contributed by atoms with van der Waals surface area (Å²) in [5, 5.41) is 25.3. The number of fused-ring (bicyclic) bond motifs is 1. The topological polar surface area (TPSA) is 112 Å². The van der Waals surface area contributed by atoms with Crippen LogP contribution in [0.15, 0.2) is 185 Å². The summed E-state index contributed by atoms with van der Waals surface area (Å²) in [7, 11) is 0. The Hall–Kier alpha value is -7.23. The maximum Gasteiger partial charge on any atom is 0.261 e. The summed E-state index contributed by atoms with van der Waals surface area (Å²) in [5.74, 6) is 1.77. The Morgan fingerprint density at radius 2 is 1.34 bits per heavy atom. The van der Waals surface area contributed by atoms with Crippen LogP contribution in [0.5, 0.6) is 0 Å². The molecule has 0 aliphatic carbocycles. The highest BCUT2D eigenvalue weighted by Gasteiger charge is 2.42. The van der Waals surface area contributed by atoms with Crippen LogP contribution in [0.25, 0.3) is 33.4 Å². The lowest BCUT2D eigenvalue weighted by molar-refractivity contribution is 0.189. The number of hydrogen-bond acceptors (Lipinski definition) is 7. The first-order valence-electron chi connectivity index (χ1n) is 19.9. The highest BCUT2D eigenvalue weighted by molar-refractivity contribution is 5.81. The molecule has 9 aromatic rings. The lowest BCUT2D eigenvalue weighted by atomic mass is 9.77. The summed E-state index contributed by atoms with van der Waals surface area (Å²) in [5.41, 5.74) is 6.99. The van der Waals surface area contributed by atoms with Crippen LogP contribution in [0.1, 0.15) is 65.3 Å². The van der Waals surface area contributed by atoms with Crippen LogP contribution in [0.3, 0.4) is 0 Å². The van der Waals surface area contributed by atoms with Crippen molar-refractivity contribution in [3.63, 3.8) is 0 Å². The molecule has 0 fully saturated rings. The van der Waals surface area contributed by atoms with Gasteiger partial charge in [0.1, 0.15) is 23.2 Å². The molecule has 3 heterocycles. The van der Waals surface area contributed by atoms with Crippen LogP contribution >= 0.6 is 0 Å². The first-order chi connectivity index (χ1) is 29.1. The maximum atomic E-state index is 14.3. The van der Waals surface area contributed by atoms with E-state index in [-0.39, 0.29) is 5.56 Å². The van der Waals surface area contributed by atoms with E-state index in [0.717, 1.165) is 57.6 Å². The first-order valence-corrected chi connectivity index (χ1v) is 19.9. The van der Waals surface area contributed by atoms with E-state index < -0.39 is 11.6 Å². The van der Waals surface area contributed by atoms with Crippen molar-refractivity contribution < 1.29 is 9.52 Å². The monoisotopic (exact) mass is 774 g/mol. The van der Waals surface area contributed by atoms with Crippen molar-refractivity contribution in [2.24, 2.45) is 0 Å². The van der Waals surface area contributed by atoms with Gasteiger partial charge in [-0.05, 0) is 80.1 Å². The highest BCUT2D eigenvalue weighted by atomic mass is 16.4. The number of hydrogen-bond donors (Lipinski definition) is 1. The standard InChI is InChI=1S/C50H42N6O3/c1-2-3-25-46-51-44-31-30-37(47(57)45-24-15-32-59-45)33-43(44)49(58)55(46)34-35-26-28-36(29-27-35)41-22-13-14-23-42(41)48-52-53-54-56(48)50(38-16-7-4-8-17-38,39-18-9-5-10-19-39)40-20-11-6-12-21-40/h4-24,26-33,47,57H,2-3,25,34H2,1H3. The molecule has 0 amide bonds. The van der Waals surface area contributed by atoms with Crippen LogP contribution in [0, 0.1) is 0 Å². The van der Waals surface area contributed by atoms with E-state index in [0.29, 0.717) is 41.0 Å². The Morgan fingerprint density at radius 1 is 0.712 bits per heavy atom. The Kier molecular flexibility index (Phi) is 10.3. The van der Waals surface area contributed by atoms with E-state index >= 15 is 0 Å². The third-order valence-electron chi connectivity index (χ3n) is 11.1. The van der Waals surface area contributed by atoms with E-state index in [2.05, 4.69) is 121 Å². The van der Waals surface area contributed by atoms with Gasteiger partial charge in [0.2, 0.25) is 0 Å². The Morgan fingerprint density at radius 3 is 1.95 bits per heavy atom. The van der Waals surface area contributed by atoms with Crippen molar-refractivity contribution in [1.29, 1.82) is 0 Å². The van der Waals surface area contributed by atoms with E-state index in [4.69, 9.17) is 19.7 Å². The summed E-state index contributed by atoms with van der Waals surface area (Å²) < 4.78 is 9.17. The first kappa shape index (κ1) is 37.4. The molecule has 0 saturated heterocycles. The molecule has 9 heteroatoms. The lowest BCUT2D eigenvalue weighted by Crippen LogP contribution is -2.39. The highest BCUT2D eigenvalue weighted by Crippen LogP contribution is 2.43. The van der Waals surface area contributed by atoms with Gasteiger partial charge in [-0.15, -0.1) is 5.10 Å². The predicted octanol–water partition coefficient (Wildman–Crippen LogP) is 9.62. The zero-order valence-corrected chi connectivity index (χ0v) is 32.6. The molecule has 9 nitrogen and oxygen atoms in total. The molecule has 0 aliphatic heterocycles. The summed E-state index contributed by atoms with van der Waals surface area (Å²) in [6.07, 6.45) is 3.09. The molecule has 0 bridgehead atoms. The van der Waals surface area contributed by atoms with Crippen molar-refractivity contribution in [2.45, 2.75) is 44.4 Å². The second kappa shape index (κ2) is 16.3. The number of aryl methyl sites for hydroxylation is 1. The average Bonchev–Trinajstić information content (AvgIpc) is 4.03. The van der Waals surface area contributed by atoms with Gasteiger partial charge in [-0.25, -0.2) is 9.67 Å². The molecule has 9 rings (SSSR count). The fourth-order valence-electron chi connectivity index (χ4n) is 8.14. The molecular formula is C50H42N6O3. The molecule has 6 aromatic carbocycles. The second-order valence-corrected chi connectivity index (χ2v) is 14.7. The Balaban J connectivity index is 1.11. The number of benzene rings is 6. The summed E-state index contributed by atoms with van der Waals surface area (Å²) in [6.45, 7) is 2.48. The number of rotatable bonds is 13. The lowest BCUT2D eigenvalue weighted by Gasteiger charge is -2.36. The Bertz CT molecular complexity index is 2780. The van der Waals surface area contributed by atoms with Crippen LogP contribution in [-0.2, 0) is 18.5 Å². The molecule has 3 aromatic heterocycles. The van der Waals surface area contributed by atoms with Gasteiger partial charge in [0.05, 0.1) is 23.7 Å². The van der Waals surface area contributed by atoms with Gasteiger partial charge >= 0.3 is 0 Å². The summed E-state index contributed by atoms with van der Waals surface area (Å²) in [6, 6.07) is 56.4. The Labute approximate surface area is 341 Å². The van der Waals surface area contributed by atoms with Gasteiger partial charge in [0, 0.05) is 12.0 Å². The predicted molar refractivity (Wildman–Crippen MR) is 230 cm³/mol. The number of furan rings is 1. The summed E-state index contributed by atoms with van der Waals surface area (Å²) in [4.78, 5) is 19.2. The molecule has 0 saturated carbocycles. The average molecular weight is 775 g/mol. The van der Waals surface area contributed by atoms with Gasteiger partial charge in [-0.2, -0.15) is 0 Å². The fraction of sp³-hybridized carbons (Fsp3) is 0.140. The smallest absolute Gasteiger partial charge is 0.261 e. The minimum absolute atomic E-state index is 0.144. The zero-order chi connectivity index (χ0) is 40.2. The van der Waals surface area contributed by atoms with E-state index in [9.17, 15) is 9.90 Å². The van der Waals surface area contributed by atoms with Crippen LogP contribution in [0.2, 0.25) is 0 Å². The molecule has 1 unspecified atom stereocenters. The number of unbranched alkanes of at least 4 members (excludes halogenated alkanes) is 1. The van der Waals surface area contributed by atoms with Crippen LogP contribution in [-0.4, -0.2) is 34.9 Å². The second-order valence-electron chi connectivity index (χ2n) is 14.7. The van der Waals surface area contributed by atoms with Crippen LogP contribution < -0.4 is 5.56 Å². The normalized spacial score (nSPS) is 12.2. The van der Waals surface area contributed by atoms with Crippen molar-refractivity contribution in [3.8, 4) is 22.5 Å². The quantitative estimate of drug-likeness (QED) is 0.116. The molecule has 290 valence electrons. The zero-order valence-electron chi connectivity index (χ0n) is 32.6. The number of aromatic nitrogens is 6. The molecular weight excluding hydrogens is 733 g/mol.